The highest BCUT2D eigenvalue weighted by atomic mass is 16.6. The van der Waals surface area contributed by atoms with Crippen molar-refractivity contribution in [2.24, 2.45) is 0 Å². The third-order valence-corrected chi connectivity index (χ3v) is 0.924. The number of aliphatic hydroxyl groups excluding tert-OH is 1. The van der Waals surface area contributed by atoms with E-state index in [1.165, 1.54) is 13.0 Å². The lowest BCUT2D eigenvalue weighted by Gasteiger charge is -2.00. The summed E-state index contributed by atoms with van der Waals surface area (Å²) in [6.45, 7) is 6.70. The lowest BCUT2D eigenvalue weighted by molar-refractivity contribution is -0.138. The van der Waals surface area contributed by atoms with Gasteiger partial charge in [-0.25, -0.2) is 4.79 Å². The first-order valence-electron chi connectivity index (χ1n) is 3.34. The molecule has 0 aliphatic carbocycles. The molecule has 0 rings (SSSR count). The van der Waals surface area contributed by atoms with E-state index in [-0.39, 0.29) is 11.5 Å². The predicted octanol–water partition coefficient (Wildman–Crippen LogP) is 1.92. The molecule has 0 aromatic rings. The molecule has 0 aliphatic heterocycles. The van der Waals surface area contributed by atoms with E-state index in [9.17, 15) is 4.79 Å². The molecule has 0 aliphatic rings. The Labute approximate surface area is 66.0 Å². The van der Waals surface area contributed by atoms with E-state index in [2.05, 4.69) is 11.3 Å². The highest BCUT2D eigenvalue weighted by molar-refractivity contribution is 5.87. The molecule has 0 radical (unpaired) electrons. The Morgan fingerprint density at radius 3 is 2.64 bits per heavy atom. The summed E-state index contributed by atoms with van der Waals surface area (Å²) in [5.74, 6) is -0.965. The summed E-state index contributed by atoms with van der Waals surface area (Å²) in [5, 5.41) is 8.85. The molecular formula is C8H12O3. The van der Waals surface area contributed by atoms with Gasteiger partial charge in [0.15, 0.2) is 0 Å². The molecule has 62 valence electrons. The summed E-state index contributed by atoms with van der Waals surface area (Å²) in [5.41, 5.74) is 0.265. The molecule has 3 heteroatoms. The number of allylic oxidation sites excluding steroid dienone is 1. The van der Waals surface area contributed by atoms with Gasteiger partial charge in [-0.3, -0.25) is 0 Å². The Bertz CT molecular complexity index is 192. The van der Waals surface area contributed by atoms with Gasteiger partial charge in [0, 0.05) is 5.57 Å². The maximum absolute atomic E-state index is 10.7. The van der Waals surface area contributed by atoms with Crippen LogP contribution in [0.1, 0.15) is 20.3 Å². The Morgan fingerprint density at radius 2 is 2.27 bits per heavy atom. The Kier molecular flexibility index (Phi) is 4.03. The van der Waals surface area contributed by atoms with Gasteiger partial charge in [-0.2, -0.15) is 0 Å². The summed E-state index contributed by atoms with van der Waals surface area (Å²) >= 11 is 0. The monoisotopic (exact) mass is 156 g/mol. The van der Waals surface area contributed by atoms with Crippen molar-refractivity contribution in [1.82, 2.24) is 0 Å². The first-order chi connectivity index (χ1) is 5.07. The van der Waals surface area contributed by atoms with E-state index in [0.717, 1.165) is 0 Å². The maximum atomic E-state index is 10.7. The molecule has 0 atom stereocenters. The van der Waals surface area contributed by atoms with Crippen LogP contribution in [-0.4, -0.2) is 11.1 Å². The van der Waals surface area contributed by atoms with Crippen molar-refractivity contribution in [3.05, 3.63) is 24.2 Å². The highest BCUT2D eigenvalue weighted by Crippen LogP contribution is 1.99. The van der Waals surface area contributed by atoms with Crippen molar-refractivity contribution < 1.29 is 14.6 Å². The van der Waals surface area contributed by atoms with Gasteiger partial charge in [0.1, 0.15) is 0 Å². The van der Waals surface area contributed by atoms with Crippen molar-refractivity contribution >= 4 is 5.97 Å². The minimum absolute atomic E-state index is 0.265. The van der Waals surface area contributed by atoms with Crippen LogP contribution in [0.4, 0.5) is 0 Å². The van der Waals surface area contributed by atoms with Gasteiger partial charge in [0.25, 0.3) is 5.95 Å². The van der Waals surface area contributed by atoms with E-state index in [4.69, 9.17) is 5.11 Å². The summed E-state index contributed by atoms with van der Waals surface area (Å²) in [6, 6.07) is 0. The predicted molar refractivity (Wildman–Crippen MR) is 41.9 cm³/mol. The minimum atomic E-state index is -0.604. The van der Waals surface area contributed by atoms with Crippen LogP contribution in [-0.2, 0) is 9.53 Å². The van der Waals surface area contributed by atoms with Crippen LogP contribution in [0.3, 0.4) is 0 Å². The van der Waals surface area contributed by atoms with Crippen LogP contribution in [0, 0.1) is 0 Å². The Morgan fingerprint density at radius 1 is 1.73 bits per heavy atom. The SMILES string of the molecule is C=C(C)C(=O)OC(O)=CCC. The number of rotatable bonds is 3. The number of aliphatic hydroxyl groups is 1. The Balaban J connectivity index is 3.95. The van der Waals surface area contributed by atoms with Gasteiger partial charge in [0.2, 0.25) is 0 Å². The largest absolute Gasteiger partial charge is 0.481 e. The normalized spacial score (nSPS) is 10.9. The molecule has 0 bridgehead atoms. The van der Waals surface area contributed by atoms with E-state index in [1.54, 1.807) is 0 Å². The summed E-state index contributed by atoms with van der Waals surface area (Å²) in [4.78, 5) is 10.7. The first kappa shape index (κ1) is 9.75. The van der Waals surface area contributed by atoms with Crippen molar-refractivity contribution in [2.45, 2.75) is 20.3 Å². The minimum Gasteiger partial charge on any atom is -0.481 e. The quantitative estimate of drug-likeness (QED) is 0.385. The standard InChI is InChI=1S/C8H12O3/c1-4-5-7(9)11-8(10)6(2)3/h5,9H,2,4H2,1,3H3. The zero-order valence-corrected chi connectivity index (χ0v) is 6.76. The van der Waals surface area contributed by atoms with Gasteiger partial charge in [0.05, 0.1) is 0 Å². The fourth-order valence-corrected chi connectivity index (χ4v) is 0.398. The molecule has 0 spiro atoms. The van der Waals surface area contributed by atoms with Crippen molar-refractivity contribution in [2.75, 3.05) is 0 Å². The summed E-state index contributed by atoms with van der Waals surface area (Å²) < 4.78 is 4.43. The van der Waals surface area contributed by atoms with Crippen molar-refractivity contribution in [3.63, 3.8) is 0 Å². The average Bonchev–Trinajstić information content (AvgIpc) is 1.87. The number of hydrogen-bond acceptors (Lipinski definition) is 3. The zero-order valence-electron chi connectivity index (χ0n) is 6.76. The van der Waals surface area contributed by atoms with E-state index < -0.39 is 5.97 Å². The summed E-state index contributed by atoms with van der Waals surface area (Å²) in [7, 11) is 0. The van der Waals surface area contributed by atoms with E-state index >= 15 is 0 Å². The lowest BCUT2D eigenvalue weighted by atomic mass is 10.4. The fraction of sp³-hybridized carbons (Fsp3) is 0.375. The van der Waals surface area contributed by atoms with Crippen LogP contribution in [0.2, 0.25) is 0 Å². The van der Waals surface area contributed by atoms with E-state index in [0.29, 0.717) is 6.42 Å². The Hall–Kier alpha value is -1.25. The van der Waals surface area contributed by atoms with Crippen molar-refractivity contribution in [3.8, 4) is 0 Å². The van der Waals surface area contributed by atoms with Crippen molar-refractivity contribution in [1.29, 1.82) is 0 Å². The number of hydrogen-bond donors (Lipinski definition) is 1. The van der Waals surface area contributed by atoms with Gasteiger partial charge in [-0.1, -0.05) is 13.5 Å². The third-order valence-electron chi connectivity index (χ3n) is 0.924. The molecule has 0 heterocycles. The molecule has 0 aromatic carbocycles. The van der Waals surface area contributed by atoms with Crippen LogP contribution in [0.5, 0.6) is 0 Å². The molecule has 0 amide bonds. The third kappa shape index (κ3) is 4.19. The van der Waals surface area contributed by atoms with Gasteiger partial charge < -0.3 is 9.84 Å². The van der Waals surface area contributed by atoms with Crippen LogP contribution in [0.25, 0.3) is 0 Å². The maximum Gasteiger partial charge on any atom is 0.340 e. The van der Waals surface area contributed by atoms with Gasteiger partial charge in [-0.05, 0) is 19.4 Å². The smallest absolute Gasteiger partial charge is 0.340 e. The average molecular weight is 156 g/mol. The molecule has 0 fully saturated rings. The number of carbonyl (C=O) groups is 1. The molecule has 3 nitrogen and oxygen atoms in total. The molecule has 0 saturated carbocycles. The van der Waals surface area contributed by atoms with Gasteiger partial charge in [-0.15, -0.1) is 0 Å². The second kappa shape index (κ2) is 4.55. The van der Waals surface area contributed by atoms with Gasteiger partial charge >= 0.3 is 5.97 Å². The van der Waals surface area contributed by atoms with Crippen LogP contribution < -0.4 is 0 Å². The molecule has 0 unspecified atom stereocenters. The molecule has 0 aromatic heterocycles. The fourth-order valence-electron chi connectivity index (χ4n) is 0.398. The molecular weight excluding hydrogens is 144 g/mol. The van der Waals surface area contributed by atoms with Crippen LogP contribution >= 0.6 is 0 Å². The second-order valence-corrected chi connectivity index (χ2v) is 2.12. The number of ether oxygens (including phenoxy) is 1. The first-order valence-corrected chi connectivity index (χ1v) is 3.34. The molecule has 0 saturated heterocycles. The zero-order chi connectivity index (χ0) is 8.85. The summed E-state index contributed by atoms with van der Waals surface area (Å²) in [6.07, 6.45) is 2.02. The number of carbonyl (C=O) groups excluding carboxylic acids is 1. The van der Waals surface area contributed by atoms with Crippen LogP contribution in [0.15, 0.2) is 24.2 Å². The number of esters is 1. The molecule has 1 N–H and O–H groups in total. The lowest BCUT2D eigenvalue weighted by Crippen LogP contribution is -2.04. The highest BCUT2D eigenvalue weighted by Gasteiger charge is 2.04. The second-order valence-electron chi connectivity index (χ2n) is 2.12. The topological polar surface area (TPSA) is 46.5 Å². The van der Waals surface area contributed by atoms with E-state index in [1.807, 2.05) is 6.92 Å². The molecule has 11 heavy (non-hydrogen) atoms.